The summed E-state index contributed by atoms with van der Waals surface area (Å²) in [5.41, 5.74) is 0. The van der Waals surface area contributed by atoms with Gasteiger partial charge in [0.1, 0.15) is 0 Å². The summed E-state index contributed by atoms with van der Waals surface area (Å²) in [5, 5.41) is 3.42. The minimum atomic E-state index is 0.428. The van der Waals surface area contributed by atoms with Crippen LogP contribution >= 0.6 is 0 Å². The second-order valence-corrected chi connectivity index (χ2v) is 4.99. The van der Waals surface area contributed by atoms with Crippen LogP contribution in [0.4, 0.5) is 0 Å². The van der Waals surface area contributed by atoms with Gasteiger partial charge < -0.3 is 10.1 Å². The van der Waals surface area contributed by atoms with Crippen molar-refractivity contribution in [2.24, 2.45) is 11.8 Å². The van der Waals surface area contributed by atoms with E-state index in [0.29, 0.717) is 6.10 Å². The first-order chi connectivity index (χ1) is 6.68. The van der Waals surface area contributed by atoms with Gasteiger partial charge in [0, 0.05) is 6.54 Å². The molecule has 0 aromatic heterocycles. The van der Waals surface area contributed by atoms with E-state index >= 15 is 0 Å². The molecular weight excluding hydrogens is 174 g/mol. The average Bonchev–Trinajstić information content (AvgIpc) is 2.15. The highest BCUT2D eigenvalue weighted by Gasteiger charge is 2.14. The minimum absolute atomic E-state index is 0.428. The third kappa shape index (κ3) is 4.97. The number of hydrogen-bond donors (Lipinski definition) is 1. The Hall–Kier alpha value is -0.0800. The van der Waals surface area contributed by atoms with Crippen molar-refractivity contribution in [2.75, 3.05) is 19.7 Å². The summed E-state index contributed by atoms with van der Waals surface area (Å²) in [4.78, 5) is 0. The molecule has 0 bridgehead atoms. The molecule has 1 saturated heterocycles. The van der Waals surface area contributed by atoms with Gasteiger partial charge >= 0.3 is 0 Å². The third-order valence-corrected chi connectivity index (χ3v) is 2.82. The Balaban J connectivity index is 2.06. The molecule has 2 unspecified atom stereocenters. The fraction of sp³-hybridized carbons (Fsp3) is 1.00. The molecule has 14 heavy (non-hydrogen) atoms. The number of hydrogen-bond acceptors (Lipinski definition) is 2. The zero-order valence-corrected chi connectivity index (χ0v) is 9.88. The molecule has 2 atom stereocenters. The molecular formula is C12H25NO. The van der Waals surface area contributed by atoms with E-state index in [1.165, 1.54) is 25.8 Å². The highest BCUT2D eigenvalue weighted by Crippen LogP contribution is 2.13. The van der Waals surface area contributed by atoms with Gasteiger partial charge in [0.2, 0.25) is 0 Å². The van der Waals surface area contributed by atoms with Crippen LogP contribution in [0, 0.1) is 11.8 Å². The minimum Gasteiger partial charge on any atom is -0.378 e. The molecule has 1 rings (SSSR count). The molecule has 1 N–H and O–H groups in total. The summed E-state index contributed by atoms with van der Waals surface area (Å²) in [7, 11) is 0. The van der Waals surface area contributed by atoms with Crippen molar-refractivity contribution in [2.45, 2.75) is 46.1 Å². The van der Waals surface area contributed by atoms with Gasteiger partial charge in [-0.3, -0.25) is 0 Å². The maximum Gasteiger partial charge on any atom is 0.0549 e. The van der Waals surface area contributed by atoms with Crippen molar-refractivity contribution >= 4 is 0 Å². The van der Waals surface area contributed by atoms with E-state index in [0.717, 1.165) is 25.0 Å². The van der Waals surface area contributed by atoms with Crippen molar-refractivity contribution in [3.8, 4) is 0 Å². The second-order valence-electron chi connectivity index (χ2n) is 4.99. The third-order valence-electron chi connectivity index (χ3n) is 2.82. The molecule has 1 aliphatic rings. The van der Waals surface area contributed by atoms with Gasteiger partial charge in [-0.2, -0.15) is 0 Å². The number of rotatable bonds is 5. The first-order valence-electron chi connectivity index (χ1n) is 6.00. The number of ether oxygens (including phenoxy) is 1. The monoisotopic (exact) mass is 199 g/mol. The van der Waals surface area contributed by atoms with Gasteiger partial charge in [-0.25, -0.2) is 0 Å². The van der Waals surface area contributed by atoms with Crippen LogP contribution in [0.3, 0.4) is 0 Å². The molecule has 1 aliphatic heterocycles. The fourth-order valence-corrected chi connectivity index (χ4v) is 2.10. The second kappa shape index (κ2) is 6.41. The summed E-state index contributed by atoms with van der Waals surface area (Å²) >= 11 is 0. The highest BCUT2D eigenvalue weighted by molar-refractivity contribution is 4.68. The molecule has 0 radical (unpaired) electrons. The lowest BCUT2D eigenvalue weighted by Gasteiger charge is -2.24. The van der Waals surface area contributed by atoms with Crippen LogP contribution in [0.15, 0.2) is 0 Å². The van der Waals surface area contributed by atoms with E-state index in [2.05, 4.69) is 26.1 Å². The summed E-state index contributed by atoms with van der Waals surface area (Å²) in [6.07, 6.45) is 4.26. The van der Waals surface area contributed by atoms with E-state index < -0.39 is 0 Å². The quantitative estimate of drug-likeness (QED) is 0.734. The Morgan fingerprint density at radius 1 is 1.36 bits per heavy atom. The summed E-state index contributed by atoms with van der Waals surface area (Å²) in [6, 6.07) is 0. The topological polar surface area (TPSA) is 21.3 Å². The Kier molecular flexibility index (Phi) is 5.49. The molecule has 1 fully saturated rings. The molecule has 0 aromatic rings. The van der Waals surface area contributed by atoms with Crippen LogP contribution < -0.4 is 5.32 Å². The van der Waals surface area contributed by atoms with Crippen molar-refractivity contribution in [3.63, 3.8) is 0 Å². The van der Waals surface area contributed by atoms with Gasteiger partial charge in [-0.05, 0) is 44.6 Å². The lowest BCUT2D eigenvalue weighted by molar-refractivity contribution is 0.0233. The van der Waals surface area contributed by atoms with Gasteiger partial charge in [-0.15, -0.1) is 0 Å². The van der Waals surface area contributed by atoms with Crippen LogP contribution in [0.1, 0.15) is 40.0 Å². The summed E-state index contributed by atoms with van der Waals surface area (Å²) < 4.78 is 5.85. The maximum absolute atomic E-state index is 5.85. The van der Waals surface area contributed by atoms with Gasteiger partial charge in [0.15, 0.2) is 0 Å². The first-order valence-corrected chi connectivity index (χ1v) is 6.00. The van der Waals surface area contributed by atoms with E-state index in [1.54, 1.807) is 0 Å². The molecule has 0 aromatic carbocycles. The zero-order valence-electron chi connectivity index (χ0n) is 9.88. The Morgan fingerprint density at radius 2 is 2.14 bits per heavy atom. The van der Waals surface area contributed by atoms with E-state index in [1.807, 2.05) is 0 Å². The normalized spacial score (nSPS) is 25.3. The Labute approximate surface area is 88.4 Å². The van der Waals surface area contributed by atoms with Crippen molar-refractivity contribution in [1.82, 2.24) is 5.32 Å². The predicted octanol–water partition coefficient (Wildman–Crippen LogP) is 2.44. The van der Waals surface area contributed by atoms with Gasteiger partial charge in [0.25, 0.3) is 0 Å². The molecule has 2 heteroatoms. The SMILES string of the molecule is CC(C)CC(C)OCC1CCCNC1. The van der Waals surface area contributed by atoms with Crippen LogP contribution in [0.2, 0.25) is 0 Å². The predicted molar refractivity (Wildman–Crippen MR) is 60.5 cm³/mol. The zero-order chi connectivity index (χ0) is 10.4. The smallest absolute Gasteiger partial charge is 0.0549 e. The molecule has 0 saturated carbocycles. The lowest BCUT2D eigenvalue weighted by Crippen LogP contribution is -2.33. The fourth-order valence-electron chi connectivity index (χ4n) is 2.10. The summed E-state index contributed by atoms with van der Waals surface area (Å²) in [5.74, 6) is 1.49. The Bertz CT molecular complexity index is 141. The summed E-state index contributed by atoms with van der Waals surface area (Å²) in [6.45, 7) is 9.98. The van der Waals surface area contributed by atoms with Crippen LogP contribution in [-0.4, -0.2) is 25.8 Å². The van der Waals surface area contributed by atoms with Gasteiger partial charge in [-0.1, -0.05) is 13.8 Å². The Morgan fingerprint density at radius 3 is 2.71 bits per heavy atom. The van der Waals surface area contributed by atoms with E-state index in [-0.39, 0.29) is 0 Å². The van der Waals surface area contributed by atoms with Crippen LogP contribution in [0.25, 0.3) is 0 Å². The van der Waals surface area contributed by atoms with Gasteiger partial charge in [0.05, 0.1) is 12.7 Å². The molecule has 0 amide bonds. The molecule has 0 spiro atoms. The molecule has 1 heterocycles. The molecule has 2 nitrogen and oxygen atoms in total. The standard InChI is InChI=1S/C12H25NO/c1-10(2)7-11(3)14-9-12-5-4-6-13-8-12/h10-13H,4-9H2,1-3H3. The van der Waals surface area contributed by atoms with Crippen molar-refractivity contribution in [3.05, 3.63) is 0 Å². The molecule has 0 aliphatic carbocycles. The van der Waals surface area contributed by atoms with Crippen molar-refractivity contribution in [1.29, 1.82) is 0 Å². The van der Waals surface area contributed by atoms with E-state index in [9.17, 15) is 0 Å². The first kappa shape index (κ1) is 12.0. The number of piperidine rings is 1. The largest absolute Gasteiger partial charge is 0.378 e. The highest BCUT2D eigenvalue weighted by atomic mass is 16.5. The molecule has 84 valence electrons. The average molecular weight is 199 g/mol. The lowest BCUT2D eigenvalue weighted by atomic mass is 10.0. The van der Waals surface area contributed by atoms with E-state index in [4.69, 9.17) is 4.74 Å². The van der Waals surface area contributed by atoms with Crippen molar-refractivity contribution < 1.29 is 4.74 Å². The van der Waals surface area contributed by atoms with Crippen LogP contribution in [-0.2, 0) is 4.74 Å². The maximum atomic E-state index is 5.85. The van der Waals surface area contributed by atoms with Crippen LogP contribution in [0.5, 0.6) is 0 Å². The number of nitrogens with one attached hydrogen (secondary N) is 1.